The van der Waals surface area contributed by atoms with E-state index in [1.54, 1.807) is 18.2 Å². The lowest BCUT2D eigenvalue weighted by molar-refractivity contribution is 0.192. The van der Waals surface area contributed by atoms with Crippen molar-refractivity contribution in [2.75, 3.05) is 6.61 Å². The molecule has 3 N–H and O–H groups in total. The SMILES string of the molecule is O=c1ccn(CCO)c(C(O)c2ccccn2)c1O. The van der Waals surface area contributed by atoms with Gasteiger partial charge in [0.15, 0.2) is 5.75 Å². The third-order valence-electron chi connectivity index (χ3n) is 2.76. The third-order valence-corrected chi connectivity index (χ3v) is 2.76. The number of rotatable bonds is 4. The van der Waals surface area contributed by atoms with E-state index in [0.29, 0.717) is 5.69 Å². The maximum absolute atomic E-state index is 11.5. The Bertz CT molecular complexity index is 610. The molecule has 0 bridgehead atoms. The monoisotopic (exact) mass is 262 g/mol. The number of aromatic hydroxyl groups is 1. The van der Waals surface area contributed by atoms with Gasteiger partial charge in [-0.15, -0.1) is 0 Å². The number of nitrogens with zero attached hydrogens (tertiary/aromatic N) is 2. The Morgan fingerprint density at radius 2 is 2.11 bits per heavy atom. The Labute approximate surface area is 109 Å². The van der Waals surface area contributed by atoms with E-state index in [1.807, 2.05) is 0 Å². The van der Waals surface area contributed by atoms with E-state index >= 15 is 0 Å². The quantitative estimate of drug-likeness (QED) is 0.722. The molecule has 2 aromatic heterocycles. The molecule has 0 spiro atoms. The molecule has 0 aliphatic rings. The van der Waals surface area contributed by atoms with E-state index < -0.39 is 17.3 Å². The van der Waals surface area contributed by atoms with Gasteiger partial charge in [-0.2, -0.15) is 0 Å². The Hall–Kier alpha value is -2.18. The zero-order valence-corrected chi connectivity index (χ0v) is 10.1. The molecule has 0 saturated carbocycles. The third kappa shape index (κ3) is 2.64. The molecule has 2 heterocycles. The molecule has 19 heavy (non-hydrogen) atoms. The van der Waals surface area contributed by atoms with Crippen molar-refractivity contribution in [3.05, 3.63) is 58.3 Å². The molecule has 0 aliphatic heterocycles. The van der Waals surface area contributed by atoms with Crippen LogP contribution in [0.3, 0.4) is 0 Å². The Kier molecular flexibility index (Phi) is 3.94. The zero-order chi connectivity index (χ0) is 13.8. The summed E-state index contributed by atoms with van der Waals surface area (Å²) in [7, 11) is 0. The van der Waals surface area contributed by atoms with Crippen molar-refractivity contribution >= 4 is 0 Å². The molecule has 0 aromatic carbocycles. The second-order valence-electron chi connectivity index (χ2n) is 3.99. The van der Waals surface area contributed by atoms with E-state index in [2.05, 4.69) is 4.98 Å². The van der Waals surface area contributed by atoms with Crippen molar-refractivity contribution in [3.63, 3.8) is 0 Å². The first-order chi connectivity index (χ1) is 9.15. The molecule has 0 aliphatic carbocycles. The number of aliphatic hydroxyl groups excluding tert-OH is 2. The molecule has 100 valence electrons. The highest BCUT2D eigenvalue weighted by Gasteiger charge is 2.21. The van der Waals surface area contributed by atoms with Crippen LogP contribution in [0.1, 0.15) is 17.5 Å². The normalized spacial score (nSPS) is 12.3. The number of aromatic nitrogens is 2. The molecule has 6 nitrogen and oxygen atoms in total. The average molecular weight is 262 g/mol. The van der Waals surface area contributed by atoms with Crippen LogP contribution < -0.4 is 5.43 Å². The highest BCUT2D eigenvalue weighted by molar-refractivity contribution is 5.33. The molecule has 1 unspecified atom stereocenters. The van der Waals surface area contributed by atoms with Crippen LogP contribution in [0.25, 0.3) is 0 Å². The maximum Gasteiger partial charge on any atom is 0.223 e. The van der Waals surface area contributed by atoms with Gasteiger partial charge in [-0.3, -0.25) is 9.78 Å². The average Bonchev–Trinajstić information content (AvgIpc) is 2.44. The minimum Gasteiger partial charge on any atom is -0.503 e. The van der Waals surface area contributed by atoms with E-state index in [0.717, 1.165) is 0 Å². The molecule has 0 amide bonds. The van der Waals surface area contributed by atoms with Crippen molar-refractivity contribution in [2.24, 2.45) is 0 Å². The maximum atomic E-state index is 11.5. The molecular weight excluding hydrogens is 248 g/mol. The first-order valence-corrected chi connectivity index (χ1v) is 5.77. The number of hydrogen-bond acceptors (Lipinski definition) is 5. The van der Waals surface area contributed by atoms with Gasteiger partial charge in [0, 0.05) is 25.0 Å². The number of pyridine rings is 2. The largest absolute Gasteiger partial charge is 0.503 e. The predicted octanol–water partition coefficient (Wildman–Crippen LogP) is 0.0229. The van der Waals surface area contributed by atoms with Gasteiger partial charge in [0.2, 0.25) is 5.43 Å². The van der Waals surface area contributed by atoms with Gasteiger partial charge in [-0.05, 0) is 12.1 Å². The highest BCUT2D eigenvalue weighted by atomic mass is 16.3. The van der Waals surface area contributed by atoms with E-state index in [1.165, 1.54) is 23.0 Å². The molecule has 0 radical (unpaired) electrons. The topological polar surface area (TPSA) is 95.6 Å². The first-order valence-electron chi connectivity index (χ1n) is 5.77. The smallest absolute Gasteiger partial charge is 0.223 e. The molecule has 6 heteroatoms. The fourth-order valence-corrected chi connectivity index (χ4v) is 1.85. The van der Waals surface area contributed by atoms with E-state index in [4.69, 9.17) is 5.11 Å². The molecule has 1 atom stereocenters. The van der Waals surface area contributed by atoms with Crippen LogP contribution in [0.4, 0.5) is 0 Å². The Morgan fingerprint density at radius 3 is 2.74 bits per heavy atom. The van der Waals surface area contributed by atoms with Crippen molar-refractivity contribution in [1.29, 1.82) is 0 Å². The second-order valence-corrected chi connectivity index (χ2v) is 3.99. The summed E-state index contributed by atoms with van der Waals surface area (Å²) in [5.41, 5.74) is -0.241. The lowest BCUT2D eigenvalue weighted by atomic mass is 10.1. The molecule has 2 aromatic rings. The Balaban J connectivity index is 2.54. The fraction of sp³-hybridized carbons (Fsp3) is 0.231. The Morgan fingerprint density at radius 1 is 1.32 bits per heavy atom. The second kappa shape index (κ2) is 5.64. The van der Waals surface area contributed by atoms with Crippen molar-refractivity contribution in [2.45, 2.75) is 12.6 Å². The van der Waals surface area contributed by atoms with Crippen LogP contribution in [0.15, 0.2) is 41.5 Å². The predicted molar refractivity (Wildman–Crippen MR) is 67.8 cm³/mol. The minimum absolute atomic E-state index is 0.0280. The van der Waals surface area contributed by atoms with Crippen LogP contribution in [0, 0.1) is 0 Å². The van der Waals surface area contributed by atoms with Crippen molar-refractivity contribution in [3.8, 4) is 5.75 Å². The number of aliphatic hydroxyl groups is 2. The van der Waals surface area contributed by atoms with Crippen molar-refractivity contribution in [1.82, 2.24) is 9.55 Å². The summed E-state index contributed by atoms with van der Waals surface area (Å²) >= 11 is 0. The van der Waals surface area contributed by atoms with Gasteiger partial charge in [-0.25, -0.2) is 0 Å². The van der Waals surface area contributed by atoms with Gasteiger partial charge in [-0.1, -0.05) is 6.07 Å². The van der Waals surface area contributed by atoms with E-state index in [-0.39, 0.29) is 18.8 Å². The van der Waals surface area contributed by atoms with Gasteiger partial charge < -0.3 is 19.9 Å². The fourth-order valence-electron chi connectivity index (χ4n) is 1.85. The van der Waals surface area contributed by atoms with Crippen molar-refractivity contribution < 1.29 is 15.3 Å². The molecule has 0 saturated heterocycles. The van der Waals surface area contributed by atoms with Crippen LogP contribution in [-0.2, 0) is 6.54 Å². The summed E-state index contributed by atoms with van der Waals surface area (Å²) in [5, 5.41) is 29.1. The summed E-state index contributed by atoms with van der Waals surface area (Å²) in [4.78, 5) is 15.5. The molecule has 0 fully saturated rings. The molecular formula is C13H14N2O4. The van der Waals surface area contributed by atoms with E-state index in [9.17, 15) is 15.0 Å². The lowest BCUT2D eigenvalue weighted by Crippen LogP contribution is -2.18. The summed E-state index contributed by atoms with van der Waals surface area (Å²) in [5.74, 6) is -0.533. The van der Waals surface area contributed by atoms with Gasteiger partial charge in [0.05, 0.1) is 18.0 Å². The van der Waals surface area contributed by atoms with Gasteiger partial charge >= 0.3 is 0 Å². The summed E-state index contributed by atoms with van der Waals surface area (Å²) in [6.07, 6.45) is 1.69. The summed E-state index contributed by atoms with van der Waals surface area (Å²) in [6, 6.07) is 6.16. The summed E-state index contributed by atoms with van der Waals surface area (Å²) in [6.45, 7) is -0.0166. The minimum atomic E-state index is -1.23. The van der Waals surface area contributed by atoms with Gasteiger partial charge in [0.25, 0.3) is 0 Å². The standard InChI is InChI=1S/C13H14N2O4/c16-8-7-15-6-4-10(17)13(19)11(15)12(18)9-3-1-2-5-14-9/h1-6,12,16,18-19H,7-8H2. The first kappa shape index (κ1) is 13.3. The van der Waals surface area contributed by atoms with Crippen LogP contribution in [0.5, 0.6) is 5.75 Å². The molecule has 2 rings (SSSR count). The summed E-state index contributed by atoms with van der Waals surface area (Å²) < 4.78 is 1.43. The number of hydrogen-bond donors (Lipinski definition) is 3. The van der Waals surface area contributed by atoms with Crippen LogP contribution in [-0.4, -0.2) is 31.5 Å². The van der Waals surface area contributed by atoms with Crippen LogP contribution in [0.2, 0.25) is 0 Å². The van der Waals surface area contributed by atoms with Gasteiger partial charge in [0.1, 0.15) is 6.10 Å². The highest BCUT2D eigenvalue weighted by Crippen LogP contribution is 2.25. The van der Waals surface area contributed by atoms with Crippen LogP contribution >= 0.6 is 0 Å². The lowest BCUT2D eigenvalue weighted by Gasteiger charge is -2.18. The zero-order valence-electron chi connectivity index (χ0n) is 10.1.